The summed E-state index contributed by atoms with van der Waals surface area (Å²) in [6.07, 6.45) is 5.78. The molecule has 0 amide bonds. The molecular formula is C13H18N2. The lowest BCUT2D eigenvalue weighted by Crippen LogP contribution is -2.17. The number of nitrogens with two attached hydrogens (primary N) is 1. The van der Waals surface area contributed by atoms with Gasteiger partial charge in [0.1, 0.15) is 0 Å². The van der Waals surface area contributed by atoms with E-state index in [1.165, 1.54) is 31.4 Å². The number of hydrogen-bond donors (Lipinski definition) is 2. The van der Waals surface area contributed by atoms with Crippen molar-refractivity contribution in [2.24, 2.45) is 11.3 Å². The van der Waals surface area contributed by atoms with Crippen molar-refractivity contribution in [2.75, 3.05) is 17.6 Å². The molecule has 0 atom stereocenters. The van der Waals surface area contributed by atoms with Crippen LogP contribution in [0.5, 0.6) is 0 Å². The molecule has 0 bridgehead atoms. The van der Waals surface area contributed by atoms with Crippen LogP contribution in [0, 0.1) is 11.3 Å². The van der Waals surface area contributed by atoms with Gasteiger partial charge in [-0.15, -0.1) is 0 Å². The minimum atomic E-state index is 0.668. The third-order valence-electron chi connectivity index (χ3n) is 3.89. The molecule has 0 unspecified atom stereocenters. The van der Waals surface area contributed by atoms with Gasteiger partial charge in [0, 0.05) is 17.9 Å². The van der Waals surface area contributed by atoms with E-state index in [-0.39, 0.29) is 0 Å². The second-order valence-electron chi connectivity index (χ2n) is 5.11. The van der Waals surface area contributed by atoms with E-state index in [4.69, 9.17) is 5.73 Å². The monoisotopic (exact) mass is 202 g/mol. The Hall–Kier alpha value is -1.18. The van der Waals surface area contributed by atoms with Gasteiger partial charge in [0.25, 0.3) is 0 Å². The van der Waals surface area contributed by atoms with E-state index in [1.807, 2.05) is 12.1 Å². The van der Waals surface area contributed by atoms with Crippen LogP contribution in [0.25, 0.3) is 0 Å². The van der Waals surface area contributed by atoms with Crippen molar-refractivity contribution in [2.45, 2.75) is 25.7 Å². The molecule has 80 valence electrons. The Kier molecular flexibility index (Phi) is 1.91. The van der Waals surface area contributed by atoms with Gasteiger partial charge in [0.2, 0.25) is 0 Å². The second kappa shape index (κ2) is 3.16. The van der Waals surface area contributed by atoms with Gasteiger partial charge >= 0.3 is 0 Å². The highest BCUT2D eigenvalue weighted by Crippen LogP contribution is 2.61. The molecule has 2 heteroatoms. The summed E-state index contributed by atoms with van der Waals surface area (Å²) in [4.78, 5) is 0. The minimum absolute atomic E-state index is 0.668. The number of benzene rings is 1. The predicted octanol–water partition coefficient (Wildman–Crippen LogP) is 2.87. The average Bonchev–Trinajstić information content (AvgIpc) is 3.10. The topological polar surface area (TPSA) is 38.0 Å². The number of hydrogen-bond acceptors (Lipinski definition) is 2. The van der Waals surface area contributed by atoms with Crippen LogP contribution in [0.2, 0.25) is 0 Å². The SMILES string of the molecule is Nc1ccc(NCC2(C3CC3)CC2)cc1. The van der Waals surface area contributed by atoms with E-state index in [2.05, 4.69) is 17.4 Å². The first-order valence-electron chi connectivity index (χ1n) is 5.88. The summed E-state index contributed by atoms with van der Waals surface area (Å²) >= 11 is 0. The highest BCUT2D eigenvalue weighted by molar-refractivity contribution is 5.51. The van der Waals surface area contributed by atoms with E-state index < -0.39 is 0 Å². The van der Waals surface area contributed by atoms with Crippen molar-refractivity contribution in [3.8, 4) is 0 Å². The maximum absolute atomic E-state index is 5.65. The summed E-state index contributed by atoms with van der Waals surface area (Å²) in [5, 5.41) is 3.54. The first-order chi connectivity index (χ1) is 7.28. The Morgan fingerprint density at radius 3 is 2.40 bits per heavy atom. The molecule has 0 saturated heterocycles. The number of anilines is 2. The van der Waals surface area contributed by atoms with Crippen molar-refractivity contribution >= 4 is 11.4 Å². The van der Waals surface area contributed by atoms with Crippen LogP contribution in [-0.4, -0.2) is 6.54 Å². The largest absolute Gasteiger partial charge is 0.399 e. The normalized spacial score (nSPS) is 22.4. The summed E-state index contributed by atoms with van der Waals surface area (Å²) < 4.78 is 0. The molecule has 0 spiro atoms. The van der Waals surface area contributed by atoms with E-state index in [0.717, 1.165) is 18.2 Å². The fourth-order valence-corrected chi connectivity index (χ4v) is 2.46. The molecule has 1 aromatic rings. The molecule has 1 aromatic carbocycles. The third kappa shape index (κ3) is 1.81. The lowest BCUT2D eigenvalue weighted by Gasteiger charge is -2.15. The molecule has 15 heavy (non-hydrogen) atoms. The molecule has 3 N–H and O–H groups in total. The third-order valence-corrected chi connectivity index (χ3v) is 3.89. The zero-order chi connectivity index (χ0) is 10.3. The van der Waals surface area contributed by atoms with Gasteiger partial charge in [0.15, 0.2) is 0 Å². The Labute approximate surface area is 90.9 Å². The maximum atomic E-state index is 5.65. The maximum Gasteiger partial charge on any atom is 0.0341 e. The number of nitrogen functional groups attached to an aromatic ring is 1. The summed E-state index contributed by atoms with van der Waals surface area (Å²) in [6, 6.07) is 8.05. The van der Waals surface area contributed by atoms with Crippen LogP contribution >= 0.6 is 0 Å². The molecular weight excluding hydrogens is 184 g/mol. The molecule has 2 aliphatic rings. The first-order valence-corrected chi connectivity index (χ1v) is 5.88. The van der Waals surface area contributed by atoms with Crippen LogP contribution in [-0.2, 0) is 0 Å². The Bertz CT molecular complexity index is 347. The molecule has 3 rings (SSSR count). The van der Waals surface area contributed by atoms with Crippen molar-refractivity contribution < 1.29 is 0 Å². The summed E-state index contributed by atoms with van der Waals surface area (Å²) in [7, 11) is 0. The van der Waals surface area contributed by atoms with E-state index in [0.29, 0.717) is 5.41 Å². The van der Waals surface area contributed by atoms with Gasteiger partial charge in [-0.2, -0.15) is 0 Å². The summed E-state index contributed by atoms with van der Waals surface area (Å²) in [5.74, 6) is 1.03. The van der Waals surface area contributed by atoms with E-state index in [9.17, 15) is 0 Å². The highest BCUT2D eigenvalue weighted by Gasteiger charge is 2.53. The molecule has 0 heterocycles. The zero-order valence-electron chi connectivity index (χ0n) is 9.00. The molecule has 0 aliphatic heterocycles. The van der Waals surface area contributed by atoms with Crippen LogP contribution in [0.3, 0.4) is 0 Å². The van der Waals surface area contributed by atoms with Gasteiger partial charge in [-0.1, -0.05) is 0 Å². The number of nitrogens with one attached hydrogen (secondary N) is 1. The Morgan fingerprint density at radius 1 is 1.20 bits per heavy atom. The standard InChI is InChI=1S/C13H18N2/c14-11-3-5-12(6-4-11)15-9-13(7-8-13)10-1-2-10/h3-6,10,15H,1-2,7-9,14H2. The van der Waals surface area contributed by atoms with Gasteiger partial charge in [-0.3, -0.25) is 0 Å². The van der Waals surface area contributed by atoms with E-state index in [1.54, 1.807) is 0 Å². The second-order valence-corrected chi connectivity index (χ2v) is 5.11. The first kappa shape index (κ1) is 9.08. The molecule has 2 fully saturated rings. The molecule has 2 aliphatic carbocycles. The lowest BCUT2D eigenvalue weighted by atomic mass is 10.0. The van der Waals surface area contributed by atoms with Gasteiger partial charge in [-0.25, -0.2) is 0 Å². The fraction of sp³-hybridized carbons (Fsp3) is 0.538. The average molecular weight is 202 g/mol. The smallest absolute Gasteiger partial charge is 0.0341 e. The van der Waals surface area contributed by atoms with Crippen LogP contribution in [0.4, 0.5) is 11.4 Å². The van der Waals surface area contributed by atoms with Crippen LogP contribution < -0.4 is 11.1 Å². The fourth-order valence-electron chi connectivity index (χ4n) is 2.46. The highest BCUT2D eigenvalue weighted by atomic mass is 14.9. The van der Waals surface area contributed by atoms with E-state index >= 15 is 0 Å². The molecule has 2 nitrogen and oxygen atoms in total. The van der Waals surface area contributed by atoms with Crippen LogP contribution in [0.15, 0.2) is 24.3 Å². The van der Waals surface area contributed by atoms with Crippen molar-refractivity contribution in [1.82, 2.24) is 0 Å². The Balaban J connectivity index is 1.59. The lowest BCUT2D eigenvalue weighted by molar-refractivity contribution is 0.467. The van der Waals surface area contributed by atoms with Gasteiger partial charge in [0.05, 0.1) is 0 Å². The van der Waals surface area contributed by atoms with Crippen molar-refractivity contribution in [3.05, 3.63) is 24.3 Å². The molecule has 0 aromatic heterocycles. The van der Waals surface area contributed by atoms with Gasteiger partial charge < -0.3 is 11.1 Å². The molecule has 0 radical (unpaired) electrons. The van der Waals surface area contributed by atoms with Gasteiger partial charge in [-0.05, 0) is 61.3 Å². The quantitative estimate of drug-likeness (QED) is 0.737. The van der Waals surface area contributed by atoms with Crippen molar-refractivity contribution in [1.29, 1.82) is 0 Å². The molecule has 2 saturated carbocycles. The zero-order valence-corrected chi connectivity index (χ0v) is 9.00. The summed E-state index contributed by atoms with van der Waals surface area (Å²) in [5.41, 5.74) is 8.36. The van der Waals surface area contributed by atoms with Crippen LogP contribution in [0.1, 0.15) is 25.7 Å². The summed E-state index contributed by atoms with van der Waals surface area (Å²) in [6.45, 7) is 1.15. The Morgan fingerprint density at radius 2 is 1.87 bits per heavy atom. The number of rotatable bonds is 4. The predicted molar refractivity (Wildman–Crippen MR) is 63.7 cm³/mol. The van der Waals surface area contributed by atoms with Crippen molar-refractivity contribution in [3.63, 3.8) is 0 Å². The minimum Gasteiger partial charge on any atom is -0.399 e.